The molecular weight excluding hydrogens is 800 g/mol. The molecule has 0 aromatic rings. The summed E-state index contributed by atoms with van der Waals surface area (Å²) in [5.41, 5.74) is -0.301. The molecule has 348 valence electrons. The van der Waals surface area contributed by atoms with Gasteiger partial charge in [0, 0.05) is 30.1 Å². The Morgan fingerprint density at radius 2 is 1.48 bits per heavy atom. The van der Waals surface area contributed by atoms with Gasteiger partial charge in [0.25, 0.3) is 0 Å². The standard InChI is InChI=1S/C44H70O17/c1-19-10-13-44(55-17-19)20(2)29-27(61-44)15-43(53)25-9-7-22-6-8-23(14-41(22,4)24(25)11-12-42(29,43)5)57-40-37(60-39-34(51)32(49)30(47)21(3)56-39)35(52)36(28(16-45)58-40)59-38-33(50)31(48)26(46)18-54-38/h7,19-21,23-40,45-53H,6,8-18H2,1-5H3/t19?,20-,21?,23-,24?,25?,26?,27?,28?,29?,30?,31?,32?,33?,34?,35?,36?,37?,38?,39?,40?,41+,42-,43?,44?/m1/s1. The number of hydrogen-bond acceptors (Lipinski definition) is 17. The average Bonchev–Trinajstić information content (AvgIpc) is 3.63. The van der Waals surface area contributed by atoms with E-state index in [4.69, 9.17) is 37.9 Å². The summed E-state index contributed by atoms with van der Waals surface area (Å²) in [6.45, 7) is 10.2. The Hall–Kier alpha value is -0.940. The summed E-state index contributed by atoms with van der Waals surface area (Å²) in [4.78, 5) is 0. The molecule has 5 aliphatic heterocycles. The zero-order valence-electron chi connectivity index (χ0n) is 36.0. The van der Waals surface area contributed by atoms with Crippen LogP contribution >= 0.6 is 0 Å². The number of ether oxygens (including phenoxy) is 8. The monoisotopic (exact) mass is 870 g/mol. The fraction of sp³-hybridized carbons (Fsp3) is 0.955. The maximum absolute atomic E-state index is 13.1. The van der Waals surface area contributed by atoms with E-state index in [0.717, 1.165) is 38.5 Å². The van der Waals surface area contributed by atoms with E-state index in [-0.39, 0.29) is 47.2 Å². The summed E-state index contributed by atoms with van der Waals surface area (Å²) in [6.07, 6.45) is -12.0. The van der Waals surface area contributed by atoms with Crippen molar-refractivity contribution >= 4 is 0 Å². The number of allylic oxidation sites excluding steroid dienone is 2. The van der Waals surface area contributed by atoms with Crippen molar-refractivity contribution in [1.29, 1.82) is 0 Å². The van der Waals surface area contributed by atoms with Crippen LogP contribution in [0, 0.1) is 40.4 Å². The summed E-state index contributed by atoms with van der Waals surface area (Å²) in [5.74, 6) is 0.393. The molecule has 0 amide bonds. The molecule has 25 atom stereocenters. The van der Waals surface area contributed by atoms with E-state index in [1.165, 1.54) is 12.5 Å². The molecule has 5 saturated heterocycles. The van der Waals surface area contributed by atoms with Crippen LogP contribution < -0.4 is 0 Å². The van der Waals surface area contributed by atoms with E-state index in [2.05, 4.69) is 33.8 Å². The van der Waals surface area contributed by atoms with E-state index in [1.54, 1.807) is 0 Å². The summed E-state index contributed by atoms with van der Waals surface area (Å²) in [6, 6.07) is 0. The van der Waals surface area contributed by atoms with Gasteiger partial charge in [0.2, 0.25) is 0 Å². The highest BCUT2D eigenvalue weighted by molar-refractivity contribution is 5.29. The topological polar surface area (TPSA) is 256 Å². The second-order valence-electron chi connectivity index (χ2n) is 20.8. The predicted molar refractivity (Wildman–Crippen MR) is 210 cm³/mol. The molecule has 4 aliphatic carbocycles. The van der Waals surface area contributed by atoms with Crippen LogP contribution in [0.2, 0.25) is 0 Å². The Morgan fingerprint density at radius 3 is 2.20 bits per heavy atom. The largest absolute Gasteiger partial charge is 0.394 e. The lowest BCUT2D eigenvalue weighted by molar-refractivity contribution is -0.386. The minimum atomic E-state index is -1.73. The molecule has 9 rings (SSSR count). The van der Waals surface area contributed by atoms with Crippen molar-refractivity contribution in [3.8, 4) is 0 Å². The van der Waals surface area contributed by atoms with E-state index >= 15 is 0 Å². The van der Waals surface area contributed by atoms with Crippen molar-refractivity contribution in [2.75, 3.05) is 19.8 Å². The Bertz CT molecular complexity index is 1610. The van der Waals surface area contributed by atoms with Gasteiger partial charge >= 0.3 is 0 Å². The Balaban J connectivity index is 0.945. The van der Waals surface area contributed by atoms with Crippen LogP contribution in [0.1, 0.15) is 92.4 Å². The van der Waals surface area contributed by atoms with Gasteiger partial charge in [-0.2, -0.15) is 0 Å². The number of aliphatic hydroxyl groups is 9. The third kappa shape index (κ3) is 7.14. The third-order valence-corrected chi connectivity index (χ3v) is 17.4. The molecule has 1 spiro atoms. The first-order valence-electron chi connectivity index (χ1n) is 22.9. The average molecular weight is 871 g/mol. The van der Waals surface area contributed by atoms with Crippen LogP contribution in [0.4, 0.5) is 0 Å². The van der Waals surface area contributed by atoms with Gasteiger partial charge in [0.1, 0.15) is 61.0 Å². The molecule has 0 aromatic carbocycles. The highest BCUT2D eigenvalue weighted by atomic mass is 16.8. The van der Waals surface area contributed by atoms with Crippen LogP contribution in [-0.4, -0.2) is 175 Å². The number of hydrogen-bond donors (Lipinski definition) is 9. The molecule has 9 aliphatic rings. The van der Waals surface area contributed by atoms with Gasteiger partial charge in [-0.05, 0) is 75.0 Å². The van der Waals surface area contributed by atoms with E-state index in [1.807, 2.05) is 0 Å². The molecule has 0 aromatic heterocycles. The maximum atomic E-state index is 13.1. The van der Waals surface area contributed by atoms with E-state index in [0.29, 0.717) is 31.8 Å². The van der Waals surface area contributed by atoms with Gasteiger partial charge in [0.15, 0.2) is 24.7 Å². The summed E-state index contributed by atoms with van der Waals surface area (Å²) < 4.78 is 49.8. The van der Waals surface area contributed by atoms with Gasteiger partial charge in [0.05, 0.1) is 43.7 Å². The minimum Gasteiger partial charge on any atom is -0.394 e. The third-order valence-electron chi connectivity index (χ3n) is 17.4. The van der Waals surface area contributed by atoms with Gasteiger partial charge in [-0.15, -0.1) is 0 Å². The van der Waals surface area contributed by atoms with Crippen LogP contribution in [0.3, 0.4) is 0 Å². The smallest absolute Gasteiger partial charge is 0.187 e. The van der Waals surface area contributed by atoms with Gasteiger partial charge in [-0.25, -0.2) is 0 Å². The second kappa shape index (κ2) is 16.4. The molecule has 0 radical (unpaired) electrons. The van der Waals surface area contributed by atoms with Crippen molar-refractivity contribution in [3.63, 3.8) is 0 Å². The fourth-order valence-corrected chi connectivity index (χ4v) is 13.8. The van der Waals surface area contributed by atoms with Gasteiger partial charge in [-0.1, -0.05) is 39.3 Å². The molecule has 8 fully saturated rings. The van der Waals surface area contributed by atoms with Gasteiger partial charge < -0.3 is 83.9 Å². The lowest BCUT2D eigenvalue weighted by Crippen LogP contribution is -2.66. The molecule has 0 bridgehead atoms. The molecule has 17 nitrogen and oxygen atoms in total. The zero-order valence-corrected chi connectivity index (χ0v) is 36.0. The first kappa shape index (κ1) is 45.2. The van der Waals surface area contributed by atoms with Crippen molar-refractivity contribution in [2.45, 2.75) is 202 Å². The molecule has 61 heavy (non-hydrogen) atoms. The van der Waals surface area contributed by atoms with Crippen molar-refractivity contribution in [2.24, 2.45) is 40.4 Å². The Morgan fingerprint density at radius 1 is 0.738 bits per heavy atom. The Kier molecular flexibility index (Phi) is 12.2. The highest BCUT2D eigenvalue weighted by Gasteiger charge is 2.74. The molecule has 3 saturated carbocycles. The van der Waals surface area contributed by atoms with Crippen LogP contribution in [0.25, 0.3) is 0 Å². The van der Waals surface area contributed by atoms with Crippen molar-refractivity contribution in [1.82, 2.24) is 0 Å². The first-order valence-corrected chi connectivity index (χ1v) is 22.9. The number of aliphatic hydroxyl groups excluding tert-OH is 8. The Labute approximate surface area is 357 Å². The molecule has 17 heteroatoms. The maximum Gasteiger partial charge on any atom is 0.187 e. The number of fused-ring (bicyclic) bond motifs is 7. The van der Waals surface area contributed by atoms with Crippen molar-refractivity contribution in [3.05, 3.63) is 11.6 Å². The molecule has 21 unspecified atom stereocenters. The van der Waals surface area contributed by atoms with Gasteiger partial charge in [-0.3, -0.25) is 0 Å². The molecule has 5 heterocycles. The van der Waals surface area contributed by atoms with E-state index in [9.17, 15) is 46.0 Å². The zero-order chi connectivity index (χ0) is 43.6. The number of rotatable bonds is 7. The molecule has 9 N–H and O–H groups in total. The second-order valence-corrected chi connectivity index (χ2v) is 20.8. The SMILES string of the molecule is CC1CCC2(OC1)OC1CC3(O)C4CC=C5CC[C@@H](OC6OC(CO)C(OC7OCC(O)C(O)C7O)C(O)C6OC6OC(C)C(O)C(O)C6O)C[C@]5(C)C4CC[C@]3(C)C1[C@H]2C. The molecular formula is C44H70O17. The van der Waals surface area contributed by atoms with Crippen molar-refractivity contribution < 1.29 is 83.9 Å². The first-order chi connectivity index (χ1) is 28.9. The summed E-state index contributed by atoms with van der Waals surface area (Å²) in [5, 5.41) is 98.5. The van der Waals surface area contributed by atoms with Crippen LogP contribution in [-0.2, 0) is 37.9 Å². The quantitative estimate of drug-likeness (QED) is 0.152. The highest BCUT2D eigenvalue weighted by Crippen LogP contribution is 2.72. The minimum absolute atomic E-state index is 0.00500. The van der Waals surface area contributed by atoms with Crippen LogP contribution in [0.15, 0.2) is 11.6 Å². The summed E-state index contributed by atoms with van der Waals surface area (Å²) in [7, 11) is 0. The fourth-order valence-electron chi connectivity index (χ4n) is 13.8. The predicted octanol–water partition coefficient (Wildman–Crippen LogP) is -0.0319. The normalized spacial score (nSPS) is 58.4. The lowest BCUT2D eigenvalue weighted by Gasteiger charge is -2.62. The van der Waals surface area contributed by atoms with Crippen LogP contribution in [0.5, 0.6) is 0 Å². The summed E-state index contributed by atoms with van der Waals surface area (Å²) >= 11 is 0. The van der Waals surface area contributed by atoms with E-state index < -0.39 is 110 Å². The lowest BCUT2D eigenvalue weighted by atomic mass is 9.45.